The van der Waals surface area contributed by atoms with Crippen molar-refractivity contribution >= 4 is 11.3 Å². The number of thiophene rings is 1. The van der Waals surface area contributed by atoms with Crippen LogP contribution in [0.3, 0.4) is 0 Å². The summed E-state index contributed by atoms with van der Waals surface area (Å²) in [6, 6.07) is 16.0. The molecule has 2 aromatic rings. The van der Waals surface area contributed by atoms with Crippen molar-refractivity contribution in [1.29, 1.82) is 0 Å². The number of benzene rings is 1. The second-order valence-corrected chi connectivity index (χ2v) is 8.91. The zero-order valence-corrected chi connectivity index (χ0v) is 16.9. The molecule has 27 heavy (non-hydrogen) atoms. The quantitative estimate of drug-likeness (QED) is 0.828. The molecule has 2 aliphatic heterocycles. The molecule has 2 aliphatic rings. The molecule has 5 heteroatoms. The molecule has 0 spiro atoms. The van der Waals surface area contributed by atoms with Crippen LogP contribution < -0.4 is 0 Å². The molecule has 0 atom stereocenters. The summed E-state index contributed by atoms with van der Waals surface area (Å²) >= 11 is 1.94. The normalized spacial score (nSPS) is 20.9. The van der Waals surface area contributed by atoms with E-state index in [-0.39, 0.29) is 6.61 Å². The SMILES string of the molecule is OCCN1CCN(C2CCN(Cc3ccc(-c4ccccc4)s3)CC2)CC1. The monoisotopic (exact) mass is 385 g/mol. The second kappa shape index (κ2) is 9.30. The number of likely N-dealkylation sites (tertiary alicyclic amines) is 1. The summed E-state index contributed by atoms with van der Waals surface area (Å²) in [5, 5.41) is 9.09. The van der Waals surface area contributed by atoms with E-state index in [1.54, 1.807) is 0 Å². The van der Waals surface area contributed by atoms with E-state index in [4.69, 9.17) is 5.11 Å². The third kappa shape index (κ3) is 4.98. The van der Waals surface area contributed by atoms with Crippen LogP contribution in [0.2, 0.25) is 0 Å². The summed E-state index contributed by atoms with van der Waals surface area (Å²) in [7, 11) is 0. The number of nitrogens with zero attached hydrogens (tertiary/aromatic N) is 3. The number of rotatable bonds is 6. The predicted molar refractivity (Wildman–Crippen MR) is 113 cm³/mol. The zero-order chi connectivity index (χ0) is 18.5. The predicted octanol–water partition coefficient (Wildman–Crippen LogP) is 2.99. The molecule has 0 unspecified atom stereocenters. The first-order chi connectivity index (χ1) is 13.3. The van der Waals surface area contributed by atoms with E-state index >= 15 is 0 Å². The Morgan fingerprint density at radius 1 is 0.852 bits per heavy atom. The minimum absolute atomic E-state index is 0.285. The summed E-state index contributed by atoms with van der Waals surface area (Å²) in [6.07, 6.45) is 2.58. The van der Waals surface area contributed by atoms with E-state index < -0.39 is 0 Å². The number of hydrogen-bond donors (Lipinski definition) is 1. The lowest BCUT2D eigenvalue weighted by atomic mass is 10.0. The van der Waals surface area contributed by atoms with Crippen LogP contribution in [0.4, 0.5) is 0 Å². The van der Waals surface area contributed by atoms with E-state index in [1.165, 1.54) is 41.2 Å². The molecule has 146 valence electrons. The molecular formula is C22H31N3OS. The van der Waals surface area contributed by atoms with E-state index in [0.29, 0.717) is 0 Å². The van der Waals surface area contributed by atoms with Crippen molar-refractivity contribution in [2.24, 2.45) is 0 Å². The fraction of sp³-hybridized carbons (Fsp3) is 0.545. The highest BCUT2D eigenvalue weighted by Crippen LogP contribution is 2.29. The van der Waals surface area contributed by atoms with Crippen molar-refractivity contribution in [2.45, 2.75) is 25.4 Å². The van der Waals surface area contributed by atoms with Gasteiger partial charge < -0.3 is 5.11 Å². The highest BCUT2D eigenvalue weighted by atomic mass is 32.1. The lowest BCUT2D eigenvalue weighted by molar-refractivity contribution is 0.0518. The lowest BCUT2D eigenvalue weighted by Gasteiger charge is -2.42. The molecule has 3 heterocycles. The van der Waals surface area contributed by atoms with Gasteiger partial charge in [0, 0.05) is 68.2 Å². The average Bonchev–Trinajstić information content (AvgIpc) is 3.19. The summed E-state index contributed by atoms with van der Waals surface area (Å²) in [5.41, 5.74) is 1.33. The van der Waals surface area contributed by atoms with Gasteiger partial charge in [0.15, 0.2) is 0 Å². The van der Waals surface area contributed by atoms with Gasteiger partial charge in [-0.15, -0.1) is 11.3 Å². The van der Waals surface area contributed by atoms with Crippen molar-refractivity contribution in [2.75, 3.05) is 52.4 Å². The minimum atomic E-state index is 0.285. The molecule has 4 nitrogen and oxygen atoms in total. The van der Waals surface area contributed by atoms with Crippen LogP contribution in [-0.4, -0.2) is 78.3 Å². The number of piperidine rings is 1. The maximum Gasteiger partial charge on any atom is 0.0558 e. The summed E-state index contributed by atoms with van der Waals surface area (Å²) < 4.78 is 0. The molecule has 0 amide bonds. The van der Waals surface area contributed by atoms with Crippen molar-refractivity contribution in [3.05, 3.63) is 47.3 Å². The Morgan fingerprint density at radius 3 is 2.30 bits per heavy atom. The Kier molecular flexibility index (Phi) is 6.58. The van der Waals surface area contributed by atoms with Gasteiger partial charge in [0.05, 0.1) is 6.61 Å². The fourth-order valence-electron chi connectivity index (χ4n) is 4.38. The van der Waals surface area contributed by atoms with Crippen molar-refractivity contribution in [1.82, 2.24) is 14.7 Å². The van der Waals surface area contributed by atoms with E-state index in [2.05, 4.69) is 57.2 Å². The van der Waals surface area contributed by atoms with Crippen LogP contribution in [-0.2, 0) is 6.54 Å². The Morgan fingerprint density at radius 2 is 1.59 bits per heavy atom. The van der Waals surface area contributed by atoms with Crippen LogP contribution in [0.5, 0.6) is 0 Å². The average molecular weight is 386 g/mol. The highest BCUT2D eigenvalue weighted by molar-refractivity contribution is 7.15. The Balaban J connectivity index is 1.24. The van der Waals surface area contributed by atoms with Crippen LogP contribution in [0.25, 0.3) is 10.4 Å². The first-order valence-corrected chi connectivity index (χ1v) is 11.1. The molecule has 0 aliphatic carbocycles. The Hall–Kier alpha value is -1.24. The maximum atomic E-state index is 9.09. The topological polar surface area (TPSA) is 30.0 Å². The van der Waals surface area contributed by atoms with Crippen LogP contribution >= 0.6 is 11.3 Å². The number of aliphatic hydroxyl groups excluding tert-OH is 1. The van der Waals surface area contributed by atoms with E-state index in [1.807, 2.05) is 11.3 Å². The van der Waals surface area contributed by atoms with Crippen molar-refractivity contribution < 1.29 is 5.11 Å². The third-order valence-corrected chi connectivity index (χ3v) is 7.12. The number of hydrogen-bond acceptors (Lipinski definition) is 5. The fourth-order valence-corrected chi connectivity index (χ4v) is 5.43. The molecule has 4 rings (SSSR count). The molecule has 0 bridgehead atoms. The van der Waals surface area contributed by atoms with Crippen LogP contribution in [0.1, 0.15) is 17.7 Å². The molecular weight excluding hydrogens is 354 g/mol. The first-order valence-electron chi connectivity index (χ1n) is 10.3. The van der Waals surface area contributed by atoms with Gasteiger partial charge in [-0.2, -0.15) is 0 Å². The van der Waals surface area contributed by atoms with E-state index in [9.17, 15) is 0 Å². The van der Waals surface area contributed by atoms with Gasteiger partial charge in [-0.05, 0) is 30.5 Å². The van der Waals surface area contributed by atoms with Crippen molar-refractivity contribution in [3.63, 3.8) is 0 Å². The number of aliphatic hydroxyl groups is 1. The zero-order valence-electron chi connectivity index (χ0n) is 16.1. The third-order valence-electron chi connectivity index (χ3n) is 6.00. The standard InChI is InChI=1S/C22H31N3OS/c26-17-16-23-12-14-25(15-13-23)20-8-10-24(11-9-20)18-21-6-7-22(27-21)19-4-2-1-3-5-19/h1-7,20,26H,8-18H2. The molecule has 2 saturated heterocycles. The first kappa shape index (κ1) is 19.1. The Labute approximate surface area is 167 Å². The van der Waals surface area contributed by atoms with Gasteiger partial charge in [0.25, 0.3) is 0 Å². The molecule has 0 radical (unpaired) electrons. The maximum absolute atomic E-state index is 9.09. The van der Waals surface area contributed by atoms with Gasteiger partial charge in [0.1, 0.15) is 0 Å². The summed E-state index contributed by atoms with van der Waals surface area (Å²) in [4.78, 5) is 10.5. The van der Waals surface area contributed by atoms with Gasteiger partial charge in [-0.25, -0.2) is 0 Å². The van der Waals surface area contributed by atoms with Crippen LogP contribution in [0, 0.1) is 0 Å². The van der Waals surface area contributed by atoms with Gasteiger partial charge in [0.2, 0.25) is 0 Å². The molecule has 1 N–H and O–H groups in total. The molecule has 0 saturated carbocycles. The molecule has 1 aromatic heterocycles. The van der Waals surface area contributed by atoms with Crippen molar-refractivity contribution in [3.8, 4) is 10.4 Å². The minimum Gasteiger partial charge on any atom is -0.395 e. The number of β-amino-alcohol motifs (C(OH)–C–C–N with tert-alkyl or cyclic N) is 1. The van der Waals surface area contributed by atoms with Gasteiger partial charge >= 0.3 is 0 Å². The Bertz CT molecular complexity index is 689. The lowest BCUT2D eigenvalue weighted by Crippen LogP contribution is -2.53. The van der Waals surface area contributed by atoms with Crippen LogP contribution in [0.15, 0.2) is 42.5 Å². The summed E-state index contributed by atoms with van der Waals surface area (Å²) in [5.74, 6) is 0. The summed E-state index contributed by atoms with van der Waals surface area (Å²) in [6.45, 7) is 9.17. The highest BCUT2D eigenvalue weighted by Gasteiger charge is 2.27. The van der Waals surface area contributed by atoms with E-state index in [0.717, 1.165) is 45.3 Å². The second-order valence-electron chi connectivity index (χ2n) is 7.74. The number of piperazine rings is 1. The largest absolute Gasteiger partial charge is 0.395 e. The smallest absolute Gasteiger partial charge is 0.0558 e. The van der Waals surface area contributed by atoms with Gasteiger partial charge in [-0.3, -0.25) is 14.7 Å². The molecule has 1 aromatic carbocycles. The molecule has 2 fully saturated rings. The van der Waals surface area contributed by atoms with Gasteiger partial charge in [-0.1, -0.05) is 30.3 Å².